The van der Waals surface area contributed by atoms with E-state index in [1.54, 1.807) is 26.0 Å². The third-order valence-corrected chi connectivity index (χ3v) is 3.01. The summed E-state index contributed by atoms with van der Waals surface area (Å²) in [5.41, 5.74) is 7.71. The highest BCUT2D eigenvalue weighted by Crippen LogP contribution is 2.29. The van der Waals surface area contributed by atoms with Gasteiger partial charge in [-0.25, -0.2) is 0 Å². The first-order chi connectivity index (χ1) is 9.52. The zero-order valence-corrected chi connectivity index (χ0v) is 11.3. The Kier molecular flexibility index (Phi) is 3.99. The van der Waals surface area contributed by atoms with Crippen LogP contribution < -0.4 is 10.5 Å². The molecule has 0 bridgehead atoms. The summed E-state index contributed by atoms with van der Waals surface area (Å²) in [5, 5.41) is 14.8. The second-order valence-corrected chi connectivity index (χ2v) is 4.35. The van der Waals surface area contributed by atoms with Gasteiger partial charge in [-0.2, -0.15) is 0 Å². The second kappa shape index (κ2) is 5.70. The van der Waals surface area contributed by atoms with Gasteiger partial charge in [0.25, 0.3) is 0 Å². The molecule has 2 rings (SSSR count). The van der Waals surface area contributed by atoms with Gasteiger partial charge in [0, 0.05) is 12.6 Å². The number of benzene rings is 1. The highest BCUT2D eigenvalue weighted by atomic mass is 16.6. The number of nitrogens with zero attached hydrogens (tertiary/aromatic N) is 2. The molecule has 2 N–H and O–H groups in total. The Balaban J connectivity index is 2.26. The predicted molar refractivity (Wildman–Crippen MR) is 71.3 cm³/mol. The molecule has 1 aromatic carbocycles. The van der Waals surface area contributed by atoms with E-state index < -0.39 is 4.92 Å². The van der Waals surface area contributed by atoms with Crippen molar-refractivity contribution in [2.24, 2.45) is 5.73 Å². The number of nitro benzene ring substituents is 1. The first kappa shape index (κ1) is 14.0. The number of nitrogens with two attached hydrogens (primary N) is 1. The third-order valence-electron chi connectivity index (χ3n) is 3.01. The van der Waals surface area contributed by atoms with Crippen LogP contribution >= 0.6 is 0 Å². The van der Waals surface area contributed by atoms with Gasteiger partial charge in [-0.15, -0.1) is 0 Å². The molecule has 0 aliphatic heterocycles. The summed E-state index contributed by atoms with van der Waals surface area (Å²) < 4.78 is 10.6. The number of nitro groups is 1. The molecule has 1 aromatic heterocycles. The Morgan fingerprint density at radius 1 is 1.45 bits per heavy atom. The first-order valence-corrected chi connectivity index (χ1v) is 6.05. The second-order valence-electron chi connectivity index (χ2n) is 4.35. The molecule has 1 heterocycles. The molecule has 0 saturated heterocycles. The van der Waals surface area contributed by atoms with E-state index in [-0.39, 0.29) is 18.0 Å². The molecule has 0 aliphatic carbocycles. The molecule has 0 atom stereocenters. The highest BCUT2D eigenvalue weighted by Gasteiger charge is 2.17. The topological polar surface area (TPSA) is 104 Å². The lowest BCUT2D eigenvalue weighted by Crippen LogP contribution is -2.03. The van der Waals surface area contributed by atoms with Crippen molar-refractivity contribution in [2.45, 2.75) is 27.0 Å². The van der Waals surface area contributed by atoms with Gasteiger partial charge in [0.1, 0.15) is 12.4 Å². The zero-order valence-electron chi connectivity index (χ0n) is 11.3. The van der Waals surface area contributed by atoms with Crippen molar-refractivity contribution >= 4 is 5.69 Å². The number of rotatable bonds is 5. The number of hydrogen-bond acceptors (Lipinski definition) is 6. The van der Waals surface area contributed by atoms with E-state index in [9.17, 15) is 10.1 Å². The smallest absolute Gasteiger partial charge is 0.310 e. The van der Waals surface area contributed by atoms with Crippen molar-refractivity contribution in [3.63, 3.8) is 0 Å². The normalized spacial score (nSPS) is 10.6. The average Bonchev–Trinajstić information content (AvgIpc) is 2.75. The van der Waals surface area contributed by atoms with Crippen molar-refractivity contribution in [3.8, 4) is 5.75 Å². The van der Waals surface area contributed by atoms with Crippen molar-refractivity contribution in [1.29, 1.82) is 0 Å². The standard InChI is InChI=1S/C13H15N3O4/c1-8-11(9(2)20-15-8)7-19-13-5-10(6-14)3-4-12(13)16(17)18/h3-5H,6-7,14H2,1-2H3. The molecule has 106 valence electrons. The van der Waals surface area contributed by atoms with Crippen LogP contribution in [0.25, 0.3) is 0 Å². The van der Waals surface area contributed by atoms with E-state index in [0.29, 0.717) is 18.0 Å². The number of ether oxygens (including phenoxy) is 1. The quantitative estimate of drug-likeness (QED) is 0.663. The summed E-state index contributed by atoms with van der Waals surface area (Å²) in [6.07, 6.45) is 0. The van der Waals surface area contributed by atoms with E-state index in [2.05, 4.69) is 5.16 Å². The van der Waals surface area contributed by atoms with Crippen LogP contribution in [-0.4, -0.2) is 10.1 Å². The van der Waals surface area contributed by atoms with E-state index in [0.717, 1.165) is 11.1 Å². The number of aryl methyl sites for hydroxylation is 2. The van der Waals surface area contributed by atoms with Crippen molar-refractivity contribution in [3.05, 3.63) is 50.9 Å². The maximum Gasteiger partial charge on any atom is 0.310 e. The van der Waals surface area contributed by atoms with Crippen molar-refractivity contribution < 1.29 is 14.2 Å². The van der Waals surface area contributed by atoms with E-state index >= 15 is 0 Å². The molecular weight excluding hydrogens is 262 g/mol. The molecule has 7 heteroatoms. The van der Waals surface area contributed by atoms with Gasteiger partial charge in [-0.3, -0.25) is 10.1 Å². The van der Waals surface area contributed by atoms with Crippen LogP contribution in [0.5, 0.6) is 5.75 Å². The first-order valence-electron chi connectivity index (χ1n) is 6.05. The zero-order chi connectivity index (χ0) is 14.7. The molecule has 20 heavy (non-hydrogen) atoms. The molecule has 0 fully saturated rings. The Bertz CT molecular complexity index is 617. The van der Waals surface area contributed by atoms with Crippen LogP contribution in [0, 0.1) is 24.0 Å². The SMILES string of the molecule is Cc1noc(C)c1COc1cc(CN)ccc1[N+](=O)[O-]. The maximum absolute atomic E-state index is 11.0. The van der Waals surface area contributed by atoms with Gasteiger partial charge in [0.05, 0.1) is 16.2 Å². The average molecular weight is 277 g/mol. The molecule has 0 spiro atoms. The van der Waals surface area contributed by atoms with Gasteiger partial charge in [0.2, 0.25) is 0 Å². The summed E-state index contributed by atoms with van der Waals surface area (Å²) in [6.45, 7) is 4.01. The number of hydrogen-bond donors (Lipinski definition) is 1. The minimum Gasteiger partial charge on any atom is -0.482 e. The molecule has 0 saturated carbocycles. The van der Waals surface area contributed by atoms with Gasteiger partial charge >= 0.3 is 5.69 Å². The van der Waals surface area contributed by atoms with Gasteiger partial charge in [-0.1, -0.05) is 11.2 Å². The molecule has 0 aliphatic rings. The lowest BCUT2D eigenvalue weighted by Gasteiger charge is -2.08. The summed E-state index contributed by atoms with van der Waals surface area (Å²) in [4.78, 5) is 10.5. The summed E-state index contributed by atoms with van der Waals surface area (Å²) in [7, 11) is 0. The van der Waals surface area contributed by atoms with Crippen LogP contribution in [-0.2, 0) is 13.2 Å². The summed E-state index contributed by atoms with van der Waals surface area (Å²) in [6, 6.07) is 4.59. The maximum atomic E-state index is 11.0. The lowest BCUT2D eigenvalue weighted by atomic mass is 10.2. The van der Waals surface area contributed by atoms with Crippen LogP contribution in [0.15, 0.2) is 22.7 Å². The minimum atomic E-state index is -0.483. The van der Waals surface area contributed by atoms with Crippen LogP contribution in [0.2, 0.25) is 0 Å². The predicted octanol–water partition coefficient (Wildman–Crippen LogP) is 2.24. The Morgan fingerprint density at radius 3 is 2.75 bits per heavy atom. The van der Waals surface area contributed by atoms with Crippen LogP contribution in [0.1, 0.15) is 22.6 Å². The summed E-state index contributed by atoms with van der Waals surface area (Å²) in [5.74, 6) is 0.832. The van der Waals surface area contributed by atoms with Gasteiger partial charge in [0.15, 0.2) is 5.75 Å². The Hall–Kier alpha value is -2.41. The van der Waals surface area contributed by atoms with Crippen molar-refractivity contribution in [2.75, 3.05) is 0 Å². The monoisotopic (exact) mass is 277 g/mol. The van der Waals surface area contributed by atoms with Gasteiger partial charge in [-0.05, 0) is 25.5 Å². The molecule has 0 radical (unpaired) electrons. The molecule has 0 unspecified atom stereocenters. The molecule has 0 amide bonds. The van der Waals surface area contributed by atoms with Gasteiger partial charge < -0.3 is 15.0 Å². The van der Waals surface area contributed by atoms with Crippen LogP contribution in [0.3, 0.4) is 0 Å². The number of aromatic nitrogens is 1. The van der Waals surface area contributed by atoms with Crippen molar-refractivity contribution in [1.82, 2.24) is 5.16 Å². The lowest BCUT2D eigenvalue weighted by molar-refractivity contribution is -0.386. The highest BCUT2D eigenvalue weighted by molar-refractivity contribution is 5.48. The summed E-state index contributed by atoms with van der Waals surface area (Å²) >= 11 is 0. The minimum absolute atomic E-state index is 0.0889. The third kappa shape index (κ3) is 2.77. The molecule has 2 aromatic rings. The Labute approximate surface area is 115 Å². The molecular formula is C13H15N3O4. The Morgan fingerprint density at radius 2 is 2.20 bits per heavy atom. The fourth-order valence-electron chi connectivity index (χ4n) is 1.81. The fraction of sp³-hybridized carbons (Fsp3) is 0.308. The van der Waals surface area contributed by atoms with E-state index in [1.807, 2.05) is 0 Å². The van der Waals surface area contributed by atoms with E-state index in [1.165, 1.54) is 6.07 Å². The molecule has 7 nitrogen and oxygen atoms in total. The van der Waals surface area contributed by atoms with E-state index in [4.69, 9.17) is 15.0 Å². The largest absolute Gasteiger partial charge is 0.482 e. The fourth-order valence-corrected chi connectivity index (χ4v) is 1.81. The van der Waals surface area contributed by atoms with Crippen LogP contribution in [0.4, 0.5) is 5.69 Å².